The lowest BCUT2D eigenvalue weighted by Crippen LogP contribution is -2.31. The molecule has 3 aromatic heterocycles. The lowest BCUT2D eigenvalue weighted by atomic mass is 9.94. The maximum atomic E-state index is 13.3. The van der Waals surface area contributed by atoms with Crippen molar-refractivity contribution in [1.29, 1.82) is 0 Å². The number of aromatic nitrogens is 4. The molecule has 5 rings (SSSR count). The molecule has 0 radical (unpaired) electrons. The highest BCUT2D eigenvalue weighted by atomic mass is 16.2. The molecule has 0 aliphatic carbocycles. The predicted octanol–water partition coefficient (Wildman–Crippen LogP) is 3.36. The fourth-order valence-electron chi connectivity index (χ4n) is 4.60. The number of carbonyl (C=O) groups is 2. The van der Waals surface area contributed by atoms with Gasteiger partial charge in [-0.05, 0) is 57.4 Å². The van der Waals surface area contributed by atoms with Crippen molar-refractivity contribution >= 4 is 39.8 Å². The molecule has 4 heterocycles. The molecular formula is C26H31N7O2. The fraction of sp³-hybridized carbons (Fsp3) is 0.385. The molecule has 1 aliphatic rings. The molecule has 0 unspecified atom stereocenters. The van der Waals surface area contributed by atoms with E-state index in [4.69, 9.17) is 0 Å². The number of pyridine rings is 1. The van der Waals surface area contributed by atoms with Gasteiger partial charge in [-0.25, -0.2) is 9.97 Å². The first-order chi connectivity index (χ1) is 16.7. The van der Waals surface area contributed by atoms with E-state index < -0.39 is 0 Å². The Morgan fingerprint density at radius 2 is 1.97 bits per heavy atom. The van der Waals surface area contributed by atoms with Gasteiger partial charge in [-0.15, -0.1) is 0 Å². The smallest absolute Gasteiger partial charge is 0.276 e. The molecule has 2 N–H and O–H groups in total. The van der Waals surface area contributed by atoms with Crippen molar-refractivity contribution in [2.45, 2.75) is 33.4 Å². The van der Waals surface area contributed by atoms with Gasteiger partial charge in [0.25, 0.3) is 11.8 Å². The summed E-state index contributed by atoms with van der Waals surface area (Å²) in [6.45, 7) is 7.08. The van der Waals surface area contributed by atoms with Crippen molar-refractivity contribution in [3.63, 3.8) is 0 Å². The van der Waals surface area contributed by atoms with Crippen LogP contribution < -0.4 is 10.6 Å². The molecule has 0 bridgehead atoms. The maximum absolute atomic E-state index is 13.3. The molecule has 1 aliphatic heterocycles. The third-order valence-electron chi connectivity index (χ3n) is 6.39. The van der Waals surface area contributed by atoms with E-state index in [-0.39, 0.29) is 22.9 Å². The van der Waals surface area contributed by atoms with Crippen LogP contribution in [0.2, 0.25) is 0 Å². The summed E-state index contributed by atoms with van der Waals surface area (Å²) < 4.78 is 3.97. The molecule has 35 heavy (non-hydrogen) atoms. The van der Waals surface area contributed by atoms with E-state index >= 15 is 0 Å². The molecule has 0 saturated heterocycles. The van der Waals surface area contributed by atoms with Gasteiger partial charge in [-0.1, -0.05) is 26.0 Å². The minimum absolute atomic E-state index is 0.119. The van der Waals surface area contributed by atoms with Gasteiger partial charge < -0.3 is 19.4 Å². The molecule has 0 fully saturated rings. The Hall–Kier alpha value is -3.72. The fourth-order valence-corrected chi connectivity index (χ4v) is 4.60. The second-order valence-corrected chi connectivity index (χ2v) is 10.3. The van der Waals surface area contributed by atoms with Gasteiger partial charge in [-0.3, -0.25) is 14.9 Å². The van der Waals surface area contributed by atoms with E-state index in [9.17, 15) is 9.59 Å². The minimum Gasteiger partial charge on any atom is -0.350 e. The second-order valence-electron chi connectivity index (χ2n) is 10.3. The molecule has 2 amide bonds. The Bertz CT molecular complexity index is 1430. The number of rotatable bonds is 6. The van der Waals surface area contributed by atoms with Crippen LogP contribution in [0.4, 0.5) is 5.95 Å². The van der Waals surface area contributed by atoms with Crippen LogP contribution in [-0.4, -0.2) is 63.0 Å². The summed E-state index contributed by atoms with van der Waals surface area (Å²) in [6.07, 6.45) is 0.925. The van der Waals surface area contributed by atoms with E-state index in [1.165, 1.54) is 0 Å². The summed E-state index contributed by atoms with van der Waals surface area (Å²) in [5.41, 5.74) is 3.17. The number of nitrogens with zero attached hydrogens (tertiary/aromatic N) is 5. The number of anilines is 1. The molecule has 9 heteroatoms. The van der Waals surface area contributed by atoms with Crippen molar-refractivity contribution in [3.05, 3.63) is 53.9 Å². The third-order valence-corrected chi connectivity index (χ3v) is 6.39. The Morgan fingerprint density at radius 3 is 2.77 bits per heavy atom. The molecule has 0 spiro atoms. The van der Waals surface area contributed by atoms with Gasteiger partial charge in [0.2, 0.25) is 5.95 Å². The van der Waals surface area contributed by atoms with E-state index in [2.05, 4.69) is 39.3 Å². The number of amides is 2. The summed E-state index contributed by atoms with van der Waals surface area (Å²) in [7, 11) is 4.09. The van der Waals surface area contributed by atoms with Gasteiger partial charge in [-0.2, -0.15) is 0 Å². The van der Waals surface area contributed by atoms with Gasteiger partial charge in [0.1, 0.15) is 17.0 Å². The zero-order valence-electron chi connectivity index (χ0n) is 20.6. The van der Waals surface area contributed by atoms with Crippen molar-refractivity contribution in [3.8, 4) is 0 Å². The van der Waals surface area contributed by atoms with Gasteiger partial charge >= 0.3 is 0 Å². The highest BCUT2D eigenvalue weighted by molar-refractivity contribution is 6.04. The van der Waals surface area contributed by atoms with E-state index in [1.807, 2.05) is 59.6 Å². The van der Waals surface area contributed by atoms with E-state index in [0.717, 1.165) is 35.9 Å². The average molecular weight is 474 g/mol. The van der Waals surface area contributed by atoms with Crippen LogP contribution in [0, 0.1) is 5.41 Å². The monoisotopic (exact) mass is 473 g/mol. The van der Waals surface area contributed by atoms with Crippen molar-refractivity contribution in [2.75, 3.05) is 32.5 Å². The summed E-state index contributed by atoms with van der Waals surface area (Å²) in [5.74, 6) is 0.0568. The summed E-state index contributed by atoms with van der Waals surface area (Å²) in [4.78, 5) is 37.4. The Kier molecular flexibility index (Phi) is 5.80. The number of imidazole rings is 1. The van der Waals surface area contributed by atoms with Crippen molar-refractivity contribution in [2.24, 2.45) is 5.41 Å². The number of fused-ring (bicyclic) bond motifs is 4. The van der Waals surface area contributed by atoms with Crippen molar-refractivity contribution in [1.82, 2.24) is 29.3 Å². The number of nitrogens with one attached hydrogen (secondary N) is 2. The number of hydrogen-bond acceptors (Lipinski definition) is 5. The van der Waals surface area contributed by atoms with Crippen LogP contribution in [0.3, 0.4) is 0 Å². The standard InChI is InChI=1S/C26H31N7O2/c1-26(2)15-27-24(35)21-14-17-10-11-19(28-22(17)33(21)16-26)23(34)30-25-29-18-8-5-6-9-20(18)32(25)13-7-12-31(3)4/h5-6,8-11,14H,7,12-13,15-16H2,1-4H3,(H,27,35)(H,29,30,34). The normalized spacial score (nSPS) is 15.3. The minimum atomic E-state index is -0.330. The summed E-state index contributed by atoms with van der Waals surface area (Å²) in [6, 6.07) is 13.3. The number of aryl methyl sites for hydroxylation is 1. The quantitative estimate of drug-likeness (QED) is 0.448. The largest absolute Gasteiger partial charge is 0.350 e. The highest BCUT2D eigenvalue weighted by Gasteiger charge is 2.29. The maximum Gasteiger partial charge on any atom is 0.276 e. The predicted molar refractivity (Wildman–Crippen MR) is 137 cm³/mol. The Labute approximate surface area is 204 Å². The topological polar surface area (TPSA) is 97.1 Å². The van der Waals surface area contributed by atoms with Crippen molar-refractivity contribution < 1.29 is 9.59 Å². The molecule has 0 atom stereocenters. The summed E-state index contributed by atoms with van der Waals surface area (Å²) in [5, 5.41) is 6.79. The Morgan fingerprint density at radius 1 is 1.17 bits per heavy atom. The first-order valence-corrected chi connectivity index (χ1v) is 11.9. The number of para-hydroxylation sites is 2. The van der Waals surface area contributed by atoms with E-state index in [0.29, 0.717) is 30.4 Å². The number of benzene rings is 1. The molecule has 4 aromatic rings. The SMILES string of the molecule is CN(C)CCCn1c(NC(=O)c2ccc3cc4n(c3n2)CC(C)(C)CNC4=O)nc2ccccc21. The van der Waals surface area contributed by atoms with Crippen LogP contribution in [0.5, 0.6) is 0 Å². The van der Waals surface area contributed by atoms with Crippen LogP contribution in [0.25, 0.3) is 22.1 Å². The highest BCUT2D eigenvalue weighted by Crippen LogP contribution is 2.28. The zero-order valence-corrected chi connectivity index (χ0v) is 20.6. The molecule has 0 saturated carbocycles. The first-order valence-electron chi connectivity index (χ1n) is 11.9. The number of hydrogen-bond donors (Lipinski definition) is 2. The van der Waals surface area contributed by atoms with Crippen LogP contribution in [0.15, 0.2) is 42.5 Å². The Balaban J connectivity index is 1.47. The number of carbonyl (C=O) groups excluding carboxylic acids is 2. The van der Waals surface area contributed by atoms with Crippen LogP contribution >= 0.6 is 0 Å². The lowest BCUT2D eigenvalue weighted by molar-refractivity contribution is 0.0942. The van der Waals surface area contributed by atoms with Gasteiger partial charge in [0.15, 0.2) is 0 Å². The average Bonchev–Trinajstić information content (AvgIpc) is 3.31. The van der Waals surface area contributed by atoms with Crippen LogP contribution in [-0.2, 0) is 13.1 Å². The van der Waals surface area contributed by atoms with Crippen LogP contribution in [0.1, 0.15) is 41.2 Å². The molecule has 182 valence electrons. The zero-order chi connectivity index (χ0) is 24.7. The summed E-state index contributed by atoms with van der Waals surface area (Å²) >= 11 is 0. The lowest BCUT2D eigenvalue weighted by Gasteiger charge is -2.22. The molecule has 1 aromatic carbocycles. The molecular weight excluding hydrogens is 442 g/mol. The second kappa shape index (κ2) is 8.81. The van der Waals surface area contributed by atoms with Gasteiger partial charge in [0, 0.05) is 30.4 Å². The van der Waals surface area contributed by atoms with Gasteiger partial charge in [0.05, 0.1) is 11.0 Å². The molecule has 9 nitrogen and oxygen atoms in total. The first kappa shape index (κ1) is 23.0. The third kappa shape index (κ3) is 4.51. The van der Waals surface area contributed by atoms with E-state index in [1.54, 1.807) is 6.07 Å².